The van der Waals surface area contributed by atoms with Gasteiger partial charge in [0.15, 0.2) is 0 Å². The summed E-state index contributed by atoms with van der Waals surface area (Å²) < 4.78 is 39.9. The predicted molar refractivity (Wildman–Crippen MR) is 67.9 cm³/mol. The van der Waals surface area contributed by atoms with Crippen molar-refractivity contribution in [2.24, 2.45) is 0 Å². The molecule has 5 heteroatoms. The maximum Gasteiger partial charge on any atom is 0.416 e. The number of alkyl halides is 3. The van der Waals surface area contributed by atoms with Crippen molar-refractivity contribution in [1.82, 2.24) is 4.57 Å². The molecule has 1 heterocycles. The van der Waals surface area contributed by atoms with Gasteiger partial charge in [-0.2, -0.15) is 13.2 Å². The molecular weight excluding hydrogens is 255 g/mol. The van der Waals surface area contributed by atoms with Gasteiger partial charge in [0.05, 0.1) is 16.9 Å². The van der Waals surface area contributed by atoms with Gasteiger partial charge in [-0.1, -0.05) is 6.07 Å². The van der Waals surface area contributed by atoms with Crippen LogP contribution < -0.4 is 0 Å². The van der Waals surface area contributed by atoms with Crippen LogP contribution in [0.15, 0.2) is 24.3 Å². The van der Waals surface area contributed by atoms with Crippen molar-refractivity contribution in [3.05, 3.63) is 35.5 Å². The Bertz CT molecular complexity index is 605. The van der Waals surface area contributed by atoms with E-state index in [-0.39, 0.29) is 0 Å². The number of aliphatic hydroxyl groups is 1. The van der Waals surface area contributed by atoms with Crippen molar-refractivity contribution in [1.29, 1.82) is 0 Å². The van der Waals surface area contributed by atoms with Gasteiger partial charge in [0.25, 0.3) is 0 Å². The van der Waals surface area contributed by atoms with E-state index in [1.807, 2.05) is 6.92 Å². The average molecular weight is 271 g/mol. The lowest BCUT2D eigenvalue weighted by Crippen LogP contribution is -2.20. The van der Waals surface area contributed by atoms with Gasteiger partial charge in [0.1, 0.15) is 0 Å². The monoisotopic (exact) mass is 271 g/mol. The third kappa shape index (κ3) is 2.47. The van der Waals surface area contributed by atoms with Gasteiger partial charge in [-0.15, -0.1) is 0 Å². The topological polar surface area (TPSA) is 25.2 Å². The van der Waals surface area contributed by atoms with E-state index in [2.05, 4.69) is 0 Å². The minimum Gasteiger partial charge on any atom is -0.384 e. The molecule has 1 N–H and O–H groups in total. The summed E-state index contributed by atoms with van der Waals surface area (Å²) in [5.41, 5.74) is -0.651. The second-order valence-electron chi connectivity index (χ2n) is 5.10. The standard InChI is InChI=1S/C14H16F3NO/c1-4-18-11-8-10(14(15,16)17)6-5-9(11)7-12(18)13(2,3)19/h5-8,19H,4H2,1-3H3. The number of rotatable bonds is 2. The van der Waals surface area contributed by atoms with Crippen LogP contribution in [0.4, 0.5) is 13.2 Å². The Morgan fingerprint density at radius 2 is 1.79 bits per heavy atom. The normalized spacial score (nSPS) is 13.2. The molecule has 0 fully saturated rings. The number of halogens is 3. The van der Waals surface area contributed by atoms with Gasteiger partial charge in [0.2, 0.25) is 0 Å². The lowest BCUT2D eigenvalue weighted by atomic mass is 10.1. The highest BCUT2D eigenvalue weighted by Gasteiger charge is 2.31. The second-order valence-corrected chi connectivity index (χ2v) is 5.10. The molecule has 0 amide bonds. The maximum atomic E-state index is 12.7. The molecule has 2 aromatic rings. The SMILES string of the molecule is CCn1c(C(C)(C)O)cc2ccc(C(F)(F)F)cc21. The number of hydrogen-bond donors (Lipinski definition) is 1. The molecule has 104 valence electrons. The number of hydrogen-bond acceptors (Lipinski definition) is 1. The van der Waals surface area contributed by atoms with Crippen molar-refractivity contribution in [2.75, 3.05) is 0 Å². The van der Waals surface area contributed by atoms with Crippen LogP contribution in [0.2, 0.25) is 0 Å². The minimum atomic E-state index is -4.36. The third-order valence-electron chi connectivity index (χ3n) is 3.17. The lowest BCUT2D eigenvalue weighted by Gasteiger charge is -2.20. The molecule has 2 rings (SSSR count). The van der Waals surface area contributed by atoms with Crippen LogP contribution in [-0.2, 0) is 18.3 Å². The van der Waals surface area contributed by atoms with Crippen molar-refractivity contribution in [2.45, 2.75) is 39.1 Å². The molecule has 0 bridgehead atoms. The molecule has 0 aliphatic heterocycles. The maximum absolute atomic E-state index is 12.7. The summed E-state index contributed by atoms with van der Waals surface area (Å²) in [4.78, 5) is 0. The zero-order valence-electron chi connectivity index (χ0n) is 11.0. The van der Waals surface area contributed by atoms with Gasteiger partial charge in [-0.3, -0.25) is 0 Å². The van der Waals surface area contributed by atoms with E-state index in [0.717, 1.165) is 12.1 Å². The van der Waals surface area contributed by atoms with Crippen LogP contribution in [0, 0.1) is 0 Å². The van der Waals surface area contributed by atoms with Crippen LogP contribution in [0.25, 0.3) is 10.9 Å². The van der Waals surface area contributed by atoms with Crippen LogP contribution in [0.1, 0.15) is 32.0 Å². The number of fused-ring (bicyclic) bond motifs is 1. The first-order valence-electron chi connectivity index (χ1n) is 6.08. The fraction of sp³-hybridized carbons (Fsp3) is 0.429. The Hall–Kier alpha value is -1.49. The Balaban J connectivity index is 2.72. The molecule has 0 saturated carbocycles. The zero-order chi connectivity index (χ0) is 14.4. The number of aromatic nitrogens is 1. The summed E-state index contributed by atoms with van der Waals surface area (Å²) >= 11 is 0. The van der Waals surface area contributed by atoms with Crippen molar-refractivity contribution >= 4 is 10.9 Å². The number of benzene rings is 1. The molecule has 1 aromatic heterocycles. The highest BCUT2D eigenvalue weighted by Crippen LogP contribution is 2.34. The van der Waals surface area contributed by atoms with Crippen molar-refractivity contribution in [3.8, 4) is 0 Å². The van der Waals surface area contributed by atoms with E-state index in [9.17, 15) is 18.3 Å². The smallest absolute Gasteiger partial charge is 0.384 e. The molecule has 2 nitrogen and oxygen atoms in total. The van der Waals surface area contributed by atoms with Crippen LogP contribution >= 0.6 is 0 Å². The molecule has 0 aliphatic rings. The van der Waals surface area contributed by atoms with E-state index in [0.29, 0.717) is 23.1 Å². The average Bonchev–Trinajstić information content (AvgIpc) is 2.64. The molecule has 0 spiro atoms. The first-order valence-corrected chi connectivity index (χ1v) is 6.08. The summed E-state index contributed by atoms with van der Waals surface area (Å²) in [5, 5.41) is 10.8. The largest absolute Gasteiger partial charge is 0.416 e. The Kier molecular flexibility index (Phi) is 3.13. The van der Waals surface area contributed by atoms with Gasteiger partial charge >= 0.3 is 6.18 Å². The highest BCUT2D eigenvalue weighted by atomic mass is 19.4. The van der Waals surface area contributed by atoms with Crippen molar-refractivity contribution < 1.29 is 18.3 Å². The van der Waals surface area contributed by atoms with E-state index >= 15 is 0 Å². The van der Waals surface area contributed by atoms with Gasteiger partial charge < -0.3 is 9.67 Å². The Labute approximate surface area is 109 Å². The molecule has 19 heavy (non-hydrogen) atoms. The van der Waals surface area contributed by atoms with E-state index in [1.54, 1.807) is 24.5 Å². The van der Waals surface area contributed by atoms with Crippen molar-refractivity contribution in [3.63, 3.8) is 0 Å². The summed E-state index contributed by atoms with van der Waals surface area (Å²) in [6.45, 7) is 5.59. The molecule has 1 aromatic carbocycles. The fourth-order valence-corrected chi connectivity index (χ4v) is 2.28. The fourth-order valence-electron chi connectivity index (χ4n) is 2.28. The summed E-state index contributed by atoms with van der Waals surface area (Å²) in [6.07, 6.45) is -4.36. The summed E-state index contributed by atoms with van der Waals surface area (Å²) in [7, 11) is 0. The molecule has 0 atom stereocenters. The molecule has 0 aliphatic carbocycles. The van der Waals surface area contributed by atoms with E-state index < -0.39 is 17.3 Å². The first-order chi connectivity index (χ1) is 8.64. The molecule has 0 radical (unpaired) electrons. The minimum absolute atomic E-state index is 0.495. The van der Waals surface area contributed by atoms with E-state index in [4.69, 9.17) is 0 Å². The lowest BCUT2D eigenvalue weighted by molar-refractivity contribution is -0.137. The Morgan fingerprint density at radius 3 is 2.26 bits per heavy atom. The number of aryl methyl sites for hydroxylation is 1. The summed E-state index contributed by atoms with van der Waals surface area (Å²) in [6, 6.07) is 5.38. The van der Waals surface area contributed by atoms with Gasteiger partial charge in [0, 0.05) is 12.1 Å². The highest BCUT2D eigenvalue weighted by molar-refractivity contribution is 5.82. The van der Waals surface area contributed by atoms with Crippen LogP contribution in [-0.4, -0.2) is 9.67 Å². The molecule has 0 saturated heterocycles. The quantitative estimate of drug-likeness (QED) is 0.880. The molecular formula is C14H16F3NO. The molecule has 0 unspecified atom stereocenters. The van der Waals surface area contributed by atoms with Crippen LogP contribution in [0.3, 0.4) is 0 Å². The van der Waals surface area contributed by atoms with Crippen LogP contribution in [0.5, 0.6) is 0 Å². The van der Waals surface area contributed by atoms with Gasteiger partial charge in [-0.05, 0) is 44.4 Å². The Morgan fingerprint density at radius 1 is 1.16 bits per heavy atom. The van der Waals surface area contributed by atoms with E-state index in [1.165, 1.54) is 6.07 Å². The predicted octanol–water partition coefficient (Wildman–Crippen LogP) is 3.91. The zero-order valence-corrected chi connectivity index (χ0v) is 11.0. The second kappa shape index (κ2) is 4.27. The van der Waals surface area contributed by atoms with Gasteiger partial charge in [-0.25, -0.2) is 0 Å². The third-order valence-corrected chi connectivity index (χ3v) is 3.17. The number of nitrogens with zero attached hydrogens (tertiary/aromatic N) is 1. The summed E-state index contributed by atoms with van der Waals surface area (Å²) in [5.74, 6) is 0. The first kappa shape index (κ1) is 13.9.